The number of hydrogen-bond donors (Lipinski definition) is 1. The van der Waals surface area contributed by atoms with Crippen LogP contribution in [0.2, 0.25) is 0 Å². The molecule has 0 bridgehead atoms. The molecule has 0 unspecified atom stereocenters. The Morgan fingerprint density at radius 1 is 1.47 bits per heavy atom. The molecule has 1 heterocycles. The summed E-state index contributed by atoms with van der Waals surface area (Å²) in [5, 5.41) is 8.83. The Morgan fingerprint density at radius 3 is 2.65 bits per heavy atom. The zero-order valence-electron chi connectivity index (χ0n) is 10.3. The van der Waals surface area contributed by atoms with Crippen LogP contribution in [0.25, 0.3) is 0 Å². The van der Waals surface area contributed by atoms with Gasteiger partial charge in [0.15, 0.2) is 0 Å². The number of aryl methyl sites for hydroxylation is 1. The van der Waals surface area contributed by atoms with Crippen molar-refractivity contribution in [1.29, 1.82) is 0 Å². The Balaban J connectivity index is 2.87. The molecule has 0 aliphatic heterocycles. The van der Waals surface area contributed by atoms with Crippen molar-refractivity contribution in [3.63, 3.8) is 0 Å². The van der Waals surface area contributed by atoms with Gasteiger partial charge in [0, 0.05) is 25.9 Å². The third-order valence-electron chi connectivity index (χ3n) is 2.74. The minimum atomic E-state index is -1.04. The molecule has 0 saturated heterocycles. The SMILES string of the molecule is COC(C)(C)CCn1cc(C(=O)O)ccc1=O. The smallest absolute Gasteiger partial charge is 0.337 e. The predicted octanol–water partition coefficient (Wildman–Crippen LogP) is 1.36. The van der Waals surface area contributed by atoms with E-state index in [1.54, 1.807) is 7.11 Å². The Labute approximate surface area is 99.6 Å². The number of carbonyl (C=O) groups is 1. The van der Waals surface area contributed by atoms with Crippen molar-refractivity contribution in [1.82, 2.24) is 4.57 Å². The first-order chi connectivity index (χ1) is 7.85. The highest BCUT2D eigenvalue weighted by Crippen LogP contribution is 2.13. The highest BCUT2D eigenvalue weighted by atomic mass is 16.5. The molecule has 0 aliphatic rings. The minimum absolute atomic E-state index is 0.111. The molecule has 1 rings (SSSR count). The number of hydrogen-bond acceptors (Lipinski definition) is 3. The van der Waals surface area contributed by atoms with Crippen molar-refractivity contribution < 1.29 is 14.6 Å². The molecule has 0 amide bonds. The molecule has 17 heavy (non-hydrogen) atoms. The molecule has 0 atom stereocenters. The Morgan fingerprint density at radius 2 is 2.12 bits per heavy atom. The highest BCUT2D eigenvalue weighted by molar-refractivity contribution is 5.87. The summed E-state index contributed by atoms with van der Waals surface area (Å²) >= 11 is 0. The molecular weight excluding hydrogens is 222 g/mol. The maximum atomic E-state index is 11.5. The summed E-state index contributed by atoms with van der Waals surface area (Å²) in [5.41, 5.74) is -0.430. The highest BCUT2D eigenvalue weighted by Gasteiger charge is 2.16. The van der Waals surface area contributed by atoms with Crippen molar-refractivity contribution in [2.45, 2.75) is 32.4 Å². The summed E-state index contributed by atoms with van der Waals surface area (Å²) in [4.78, 5) is 22.3. The van der Waals surface area contributed by atoms with Crippen LogP contribution in [0.15, 0.2) is 23.1 Å². The van der Waals surface area contributed by atoms with Crippen molar-refractivity contribution in [3.05, 3.63) is 34.2 Å². The minimum Gasteiger partial charge on any atom is -0.478 e. The number of carboxylic acids is 1. The number of rotatable bonds is 5. The van der Waals surface area contributed by atoms with Crippen molar-refractivity contribution in [2.24, 2.45) is 0 Å². The molecule has 5 nitrogen and oxygen atoms in total. The van der Waals surface area contributed by atoms with E-state index in [0.29, 0.717) is 13.0 Å². The van der Waals surface area contributed by atoms with Gasteiger partial charge in [-0.25, -0.2) is 4.79 Å². The van der Waals surface area contributed by atoms with E-state index in [-0.39, 0.29) is 16.7 Å². The number of aromatic nitrogens is 1. The van der Waals surface area contributed by atoms with Gasteiger partial charge < -0.3 is 14.4 Å². The number of methoxy groups -OCH3 is 1. The van der Waals surface area contributed by atoms with E-state index < -0.39 is 5.97 Å². The number of carboxylic acid groups (broad SMARTS) is 1. The molecule has 0 spiro atoms. The Kier molecular flexibility index (Phi) is 4.07. The fraction of sp³-hybridized carbons (Fsp3) is 0.500. The molecule has 0 aromatic carbocycles. The number of ether oxygens (including phenoxy) is 1. The lowest BCUT2D eigenvalue weighted by atomic mass is 10.1. The number of aromatic carboxylic acids is 1. The second-order valence-corrected chi connectivity index (χ2v) is 4.47. The van der Waals surface area contributed by atoms with Crippen LogP contribution in [0.3, 0.4) is 0 Å². The summed E-state index contributed by atoms with van der Waals surface area (Å²) < 4.78 is 6.64. The van der Waals surface area contributed by atoms with E-state index >= 15 is 0 Å². The monoisotopic (exact) mass is 239 g/mol. The predicted molar refractivity (Wildman–Crippen MR) is 63.4 cm³/mol. The quantitative estimate of drug-likeness (QED) is 0.842. The molecule has 1 aromatic heterocycles. The van der Waals surface area contributed by atoms with Crippen LogP contribution in [-0.4, -0.2) is 28.4 Å². The van der Waals surface area contributed by atoms with Crippen LogP contribution in [0.4, 0.5) is 0 Å². The molecular formula is C12H17NO4. The summed E-state index contributed by atoms with van der Waals surface area (Å²) in [6, 6.07) is 2.58. The van der Waals surface area contributed by atoms with Gasteiger partial charge in [-0.1, -0.05) is 0 Å². The van der Waals surface area contributed by atoms with Crippen LogP contribution in [-0.2, 0) is 11.3 Å². The third-order valence-corrected chi connectivity index (χ3v) is 2.74. The second kappa shape index (κ2) is 5.14. The van der Waals surface area contributed by atoms with Gasteiger partial charge in [0.1, 0.15) is 0 Å². The van der Waals surface area contributed by atoms with Crippen LogP contribution in [0.5, 0.6) is 0 Å². The zero-order chi connectivity index (χ0) is 13.1. The largest absolute Gasteiger partial charge is 0.478 e. The average molecular weight is 239 g/mol. The van der Waals surface area contributed by atoms with Gasteiger partial charge in [0.05, 0.1) is 11.2 Å². The van der Waals surface area contributed by atoms with Gasteiger partial charge >= 0.3 is 5.97 Å². The van der Waals surface area contributed by atoms with E-state index in [2.05, 4.69) is 0 Å². The van der Waals surface area contributed by atoms with Gasteiger partial charge in [-0.05, 0) is 26.3 Å². The summed E-state index contributed by atoms with van der Waals surface area (Å²) in [5.74, 6) is -1.04. The fourth-order valence-electron chi connectivity index (χ4n) is 1.32. The third kappa shape index (κ3) is 3.71. The molecule has 0 radical (unpaired) electrons. The lowest BCUT2D eigenvalue weighted by Crippen LogP contribution is -2.28. The van der Waals surface area contributed by atoms with Crippen LogP contribution in [0.1, 0.15) is 30.6 Å². The lowest BCUT2D eigenvalue weighted by Gasteiger charge is -2.23. The molecule has 0 fully saturated rings. The van der Waals surface area contributed by atoms with E-state index in [0.717, 1.165) is 0 Å². The van der Waals surface area contributed by atoms with Crippen molar-refractivity contribution in [2.75, 3.05) is 7.11 Å². The zero-order valence-corrected chi connectivity index (χ0v) is 10.3. The second-order valence-electron chi connectivity index (χ2n) is 4.47. The van der Waals surface area contributed by atoms with Gasteiger partial charge in [-0.3, -0.25) is 4.79 Å². The topological polar surface area (TPSA) is 68.5 Å². The average Bonchev–Trinajstić information content (AvgIpc) is 2.27. The first kappa shape index (κ1) is 13.4. The molecule has 5 heteroatoms. The lowest BCUT2D eigenvalue weighted by molar-refractivity contribution is 0.0118. The standard InChI is InChI=1S/C12H17NO4/c1-12(2,17-3)6-7-13-8-9(11(15)16)4-5-10(13)14/h4-5,8H,6-7H2,1-3H3,(H,15,16). The molecule has 0 saturated carbocycles. The van der Waals surface area contributed by atoms with E-state index in [4.69, 9.17) is 9.84 Å². The van der Waals surface area contributed by atoms with Crippen LogP contribution >= 0.6 is 0 Å². The molecule has 94 valence electrons. The Hall–Kier alpha value is -1.62. The van der Waals surface area contributed by atoms with Crippen LogP contribution in [0, 0.1) is 0 Å². The van der Waals surface area contributed by atoms with Crippen LogP contribution < -0.4 is 5.56 Å². The maximum absolute atomic E-state index is 11.5. The molecule has 1 aromatic rings. The summed E-state index contributed by atoms with van der Waals surface area (Å²) in [6.45, 7) is 4.26. The Bertz CT molecular complexity index is 462. The van der Waals surface area contributed by atoms with Gasteiger partial charge in [0.25, 0.3) is 5.56 Å². The normalized spacial score (nSPS) is 11.5. The first-order valence-corrected chi connectivity index (χ1v) is 5.35. The molecule has 1 N–H and O–H groups in total. The van der Waals surface area contributed by atoms with Crippen molar-refractivity contribution >= 4 is 5.97 Å². The summed E-state index contributed by atoms with van der Waals surface area (Å²) in [6.07, 6.45) is 1.99. The fourth-order valence-corrected chi connectivity index (χ4v) is 1.32. The molecule has 0 aliphatic carbocycles. The van der Waals surface area contributed by atoms with Crippen molar-refractivity contribution in [3.8, 4) is 0 Å². The van der Waals surface area contributed by atoms with Gasteiger partial charge in [0.2, 0.25) is 0 Å². The maximum Gasteiger partial charge on any atom is 0.337 e. The van der Waals surface area contributed by atoms with E-state index in [9.17, 15) is 9.59 Å². The number of pyridine rings is 1. The van der Waals surface area contributed by atoms with E-state index in [1.165, 1.54) is 22.9 Å². The first-order valence-electron chi connectivity index (χ1n) is 5.35. The van der Waals surface area contributed by atoms with E-state index in [1.807, 2.05) is 13.8 Å². The summed E-state index contributed by atoms with van der Waals surface area (Å²) in [7, 11) is 1.61. The van der Waals surface area contributed by atoms with Gasteiger partial charge in [-0.15, -0.1) is 0 Å². The van der Waals surface area contributed by atoms with Gasteiger partial charge in [-0.2, -0.15) is 0 Å². The number of nitrogens with zero attached hydrogens (tertiary/aromatic N) is 1.